The Morgan fingerprint density at radius 3 is 2.80 bits per heavy atom. The number of ketones is 1. The molecule has 0 amide bonds. The van der Waals surface area contributed by atoms with E-state index in [0.717, 1.165) is 12.8 Å². The van der Waals surface area contributed by atoms with Gasteiger partial charge in [0, 0.05) is 18.1 Å². The summed E-state index contributed by atoms with van der Waals surface area (Å²) in [5, 5.41) is 9.74. The van der Waals surface area contributed by atoms with Gasteiger partial charge in [-0.05, 0) is 37.3 Å². The van der Waals surface area contributed by atoms with E-state index >= 15 is 0 Å². The van der Waals surface area contributed by atoms with Gasteiger partial charge in [-0.25, -0.2) is 0 Å². The molecule has 0 radical (unpaired) electrons. The van der Waals surface area contributed by atoms with Crippen LogP contribution in [0.3, 0.4) is 0 Å². The van der Waals surface area contributed by atoms with Crippen molar-refractivity contribution in [1.82, 2.24) is 0 Å². The van der Waals surface area contributed by atoms with E-state index in [2.05, 4.69) is 6.07 Å². The van der Waals surface area contributed by atoms with Crippen LogP contribution in [0.15, 0.2) is 24.3 Å². The zero-order valence-corrected chi connectivity index (χ0v) is 12.3. The largest absolute Gasteiger partial charge is 0.378 e. The zero-order chi connectivity index (χ0) is 14.5. The van der Waals surface area contributed by atoms with Crippen molar-refractivity contribution < 1.29 is 9.53 Å². The van der Waals surface area contributed by atoms with Crippen LogP contribution in [0.5, 0.6) is 0 Å². The van der Waals surface area contributed by atoms with Crippen LogP contribution in [0.25, 0.3) is 0 Å². The second-order valence-electron chi connectivity index (χ2n) is 5.17. The average molecular weight is 292 g/mol. The van der Waals surface area contributed by atoms with Crippen LogP contribution in [-0.2, 0) is 9.53 Å². The van der Waals surface area contributed by atoms with Crippen LogP contribution in [0.4, 0.5) is 0 Å². The monoisotopic (exact) mass is 291 g/mol. The molecule has 1 aliphatic carbocycles. The molecule has 0 bridgehead atoms. The van der Waals surface area contributed by atoms with E-state index < -0.39 is 5.92 Å². The Morgan fingerprint density at radius 1 is 1.50 bits per heavy atom. The number of nitrogens with zero attached hydrogens (tertiary/aromatic N) is 1. The molecular formula is C16H18ClNO2. The summed E-state index contributed by atoms with van der Waals surface area (Å²) in [5.74, 6) is -0.451. The van der Waals surface area contributed by atoms with Gasteiger partial charge in [-0.3, -0.25) is 4.79 Å². The van der Waals surface area contributed by atoms with E-state index in [1.54, 1.807) is 24.3 Å². The maximum absolute atomic E-state index is 12.3. The highest BCUT2D eigenvalue weighted by Crippen LogP contribution is 2.35. The smallest absolute Gasteiger partial charge is 0.154 e. The fourth-order valence-corrected chi connectivity index (χ4v) is 2.88. The van der Waals surface area contributed by atoms with E-state index in [1.165, 1.54) is 0 Å². The van der Waals surface area contributed by atoms with Crippen LogP contribution in [0.2, 0.25) is 5.02 Å². The van der Waals surface area contributed by atoms with Crippen LogP contribution in [0.1, 0.15) is 37.7 Å². The standard InChI is InChI=1S/C16H18ClNO2/c1-2-20-12-7-11(8-12)9-16(19)14(10-18)13-5-3-4-6-15(13)17/h3-6,11-12,14H,2,7-9H2,1H3. The Hall–Kier alpha value is -1.37. The molecule has 0 saturated heterocycles. The van der Waals surface area contributed by atoms with Gasteiger partial charge in [0.2, 0.25) is 0 Å². The summed E-state index contributed by atoms with van der Waals surface area (Å²) in [7, 11) is 0. The number of benzene rings is 1. The summed E-state index contributed by atoms with van der Waals surface area (Å²) < 4.78 is 5.48. The summed E-state index contributed by atoms with van der Waals surface area (Å²) in [6.45, 7) is 2.69. The van der Waals surface area contributed by atoms with E-state index in [-0.39, 0.29) is 5.78 Å². The van der Waals surface area contributed by atoms with Crippen molar-refractivity contribution in [2.75, 3.05) is 6.61 Å². The Morgan fingerprint density at radius 2 is 2.20 bits per heavy atom. The first kappa shape index (κ1) is 15.0. The quantitative estimate of drug-likeness (QED) is 0.802. The van der Waals surface area contributed by atoms with Gasteiger partial charge in [0.1, 0.15) is 5.92 Å². The van der Waals surface area contributed by atoms with Crippen molar-refractivity contribution >= 4 is 17.4 Å². The Labute approximate surface area is 124 Å². The lowest BCUT2D eigenvalue weighted by Gasteiger charge is -2.34. The molecule has 1 unspecified atom stereocenters. The first-order chi connectivity index (χ1) is 9.65. The molecule has 0 N–H and O–H groups in total. The summed E-state index contributed by atoms with van der Waals surface area (Å²) >= 11 is 6.07. The Balaban J connectivity index is 1.95. The minimum absolute atomic E-state index is 0.0412. The highest BCUT2D eigenvalue weighted by Gasteiger charge is 2.33. The molecule has 1 aromatic rings. The third-order valence-corrected chi connectivity index (χ3v) is 4.10. The van der Waals surface area contributed by atoms with Gasteiger partial charge in [0.05, 0.1) is 12.2 Å². The predicted octanol–water partition coefficient (Wildman–Crippen LogP) is 3.72. The highest BCUT2D eigenvalue weighted by atomic mass is 35.5. The lowest BCUT2D eigenvalue weighted by Crippen LogP contribution is -2.33. The molecule has 20 heavy (non-hydrogen) atoms. The molecule has 1 saturated carbocycles. The maximum Gasteiger partial charge on any atom is 0.154 e. The number of rotatable bonds is 6. The fourth-order valence-electron chi connectivity index (χ4n) is 2.64. The number of hydrogen-bond acceptors (Lipinski definition) is 3. The first-order valence-electron chi connectivity index (χ1n) is 6.94. The molecule has 1 aliphatic rings. The molecule has 1 atom stereocenters. The van der Waals surface area contributed by atoms with Crippen LogP contribution in [-0.4, -0.2) is 18.5 Å². The number of Topliss-reactive ketones (excluding diaryl/α,β-unsaturated/α-hetero) is 1. The number of halogens is 1. The topological polar surface area (TPSA) is 50.1 Å². The number of hydrogen-bond donors (Lipinski definition) is 0. The van der Waals surface area contributed by atoms with Crippen LogP contribution >= 0.6 is 11.6 Å². The summed E-state index contributed by atoms with van der Waals surface area (Å²) in [5.41, 5.74) is 0.613. The van der Waals surface area contributed by atoms with Crippen molar-refractivity contribution in [3.8, 4) is 6.07 Å². The zero-order valence-electron chi connectivity index (χ0n) is 11.5. The molecule has 0 heterocycles. The third-order valence-electron chi connectivity index (χ3n) is 3.75. The van der Waals surface area contributed by atoms with E-state index in [1.807, 2.05) is 6.92 Å². The van der Waals surface area contributed by atoms with Gasteiger partial charge in [0.25, 0.3) is 0 Å². The SMILES string of the molecule is CCOC1CC(CC(=O)C(C#N)c2ccccc2Cl)C1. The maximum atomic E-state index is 12.3. The van der Waals surface area contributed by atoms with Gasteiger partial charge in [-0.2, -0.15) is 5.26 Å². The van der Waals surface area contributed by atoms with Gasteiger partial charge in [-0.1, -0.05) is 29.8 Å². The van der Waals surface area contributed by atoms with Gasteiger partial charge < -0.3 is 4.74 Å². The molecule has 2 rings (SSSR count). The fraction of sp³-hybridized carbons (Fsp3) is 0.500. The van der Waals surface area contributed by atoms with E-state index in [0.29, 0.717) is 35.6 Å². The van der Waals surface area contributed by atoms with Gasteiger partial charge in [0.15, 0.2) is 5.78 Å². The number of nitriles is 1. The van der Waals surface area contributed by atoms with E-state index in [4.69, 9.17) is 16.3 Å². The number of carbonyl (C=O) groups is 1. The first-order valence-corrected chi connectivity index (χ1v) is 7.31. The summed E-state index contributed by atoms with van der Waals surface area (Å²) in [4.78, 5) is 12.3. The van der Waals surface area contributed by atoms with Crippen molar-refractivity contribution in [3.63, 3.8) is 0 Å². The lowest BCUT2D eigenvalue weighted by molar-refractivity contribution is -0.122. The normalized spacial score (nSPS) is 22.6. The Bertz CT molecular complexity index is 517. The molecule has 3 nitrogen and oxygen atoms in total. The van der Waals surface area contributed by atoms with Crippen molar-refractivity contribution in [3.05, 3.63) is 34.9 Å². The molecule has 1 fully saturated rings. The second kappa shape index (κ2) is 6.88. The molecule has 0 aliphatic heterocycles. The average Bonchev–Trinajstić information content (AvgIpc) is 2.39. The number of ether oxygens (including phenoxy) is 1. The molecular weight excluding hydrogens is 274 g/mol. The van der Waals surface area contributed by atoms with E-state index in [9.17, 15) is 10.1 Å². The molecule has 106 valence electrons. The van der Waals surface area contributed by atoms with Crippen LogP contribution in [0, 0.1) is 17.2 Å². The van der Waals surface area contributed by atoms with Crippen molar-refractivity contribution in [2.45, 2.75) is 38.2 Å². The van der Waals surface area contributed by atoms with Crippen LogP contribution < -0.4 is 0 Å². The number of carbonyl (C=O) groups excluding carboxylic acids is 1. The third kappa shape index (κ3) is 3.39. The summed E-state index contributed by atoms with van der Waals surface area (Å²) in [6, 6.07) is 9.14. The van der Waals surface area contributed by atoms with Gasteiger partial charge in [-0.15, -0.1) is 0 Å². The Kier molecular flexibility index (Phi) is 5.17. The summed E-state index contributed by atoms with van der Waals surface area (Å²) in [6.07, 6.45) is 2.56. The van der Waals surface area contributed by atoms with Crippen molar-refractivity contribution in [2.24, 2.45) is 5.92 Å². The molecule has 1 aromatic carbocycles. The molecule has 0 aromatic heterocycles. The predicted molar refractivity (Wildman–Crippen MR) is 77.6 cm³/mol. The molecule has 4 heteroatoms. The minimum atomic E-state index is -0.755. The van der Waals surface area contributed by atoms with Crippen molar-refractivity contribution in [1.29, 1.82) is 5.26 Å². The highest BCUT2D eigenvalue weighted by molar-refractivity contribution is 6.31. The second-order valence-corrected chi connectivity index (χ2v) is 5.58. The lowest BCUT2D eigenvalue weighted by atomic mass is 9.77. The minimum Gasteiger partial charge on any atom is -0.378 e. The molecule has 0 spiro atoms. The van der Waals surface area contributed by atoms with Gasteiger partial charge >= 0.3 is 0 Å².